The fraction of sp³-hybridized carbons (Fsp3) is 0.231. The Morgan fingerprint density at radius 1 is 1.09 bits per heavy atom. The van der Waals surface area contributed by atoms with Gasteiger partial charge in [-0.15, -0.1) is 0 Å². The average molecular weight is 460 g/mol. The van der Waals surface area contributed by atoms with Crippen molar-refractivity contribution in [2.45, 2.75) is 25.9 Å². The number of amides is 2. The van der Waals surface area contributed by atoms with Crippen LogP contribution in [0, 0.1) is 0 Å². The number of ether oxygens (including phenoxy) is 3. The number of hydrogen-bond donors (Lipinski definition) is 2. The van der Waals surface area contributed by atoms with Crippen LogP contribution in [-0.4, -0.2) is 30.2 Å². The lowest BCUT2D eigenvalue weighted by Crippen LogP contribution is -2.52. The van der Waals surface area contributed by atoms with Crippen molar-refractivity contribution >= 4 is 17.5 Å². The highest BCUT2D eigenvalue weighted by Gasteiger charge is 2.35. The third-order valence-electron chi connectivity index (χ3n) is 5.74. The largest absolute Gasteiger partial charge is 0.494 e. The van der Waals surface area contributed by atoms with Crippen molar-refractivity contribution in [3.8, 4) is 17.2 Å². The van der Waals surface area contributed by atoms with E-state index in [2.05, 4.69) is 17.7 Å². The summed E-state index contributed by atoms with van der Waals surface area (Å²) in [5.74, 6) is 1.22. The number of carbonyl (C=O) groups excluding carboxylic acids is 2. The Balaban J connectivity index is 1.40. The number of nitrogens with one attached hydrogen (secondary N) is 2. The molecule has 174 valence electrons. The monoisotopic (exact) mass is 459 g/mol. The van der Waals surface area contributed by atoms with Gasteiger partial charge in [-0.05, 0) is 55.0 Å². The van der Waals surface area contributed by atoms with Crippen molar-refractivity contribution in [1.82, 2.24) is 10.4 Å². The maximum absolute atomic E-state index is 13.4. The maximum atomic E-state index is 13.4. The van der Waals surface area contributed by atoms with Crippen molar-refractivity contribution in [1.29, 1.82) is 0 Å². The molecule has 2 amide bonds. The van der Waals surface area contributed by atoms with E-state index >= 15 is 0 Å². The van der Waals surface area contributed by atoms with Crippen LogP contribution in [0.3, 0.4) is 0 Å². The van der Waals surface area contributed by atoms with Gasteiger partial charge in [-0.25, -0.2) is 5.01 Å². The normalized spacial score (nSPS) is 16.0. The van der Waals surface area contributed by atoms with Crippen molar-refractivity contribution < 1.29 is 23.8 Å². The Morgan fingerprint density at radius 2 is 1.88 bits per heavy atom. The summed E-state index contributed by atoms with van der Waals surface area (Å²) in [5.41, 5.74) is 5.10. The van der Waals surface area contributed by atoms with Crippen LogP contribution in [0.5, 0.6) is 17.2 Å². The number of benzene rings is 3. The van der Waals surface area contributed by atoms with E-state index in [1.165, 1.54) is 5.01 Å². The number of rotatable bonds is 7. The molecule has 0 spiro atoms. The Kier molecular flexibility index (Phi) is 5.95. The first-order valence-corrected chi connectivity index (χ1v) is 11.3. The van der Waals surface area contributed by atoms with E-state index in [4.69, 9.17) is 14.2 Å². The summed E-state index contributed by atoms with van der Waals surface area (Å²) in [6, 6.07) is 19.5. The van der Waals surface area contributed by atoms with Crippen LogP contribution in [-0.2, 0) is 0 Å². The first-order chi connectivity index (χ1) is 16.6. The summed E-state index contributed by atoms with van der Waals surface area (Å²) < 4.78 is 16.6. The van der Waals surface area contributed by atoms with Crippen LogP contribution in [0.1, 0.15) is 52.2 Å². The molecule has 0 aromatic heterocycles. The van der Waals surface area contributed by atoms with E-state index in [0.717, 1.165) is 18.4 Å². The second-order valence-corrected chi connectivity index (χ2v) is 8.05. The van der Waals surface area contributed by atoms with E-state index in [1.807, 2.05) is 24.3 Å². The number of unbranched alkanes of at least 4 members (excludes halogenated alkanes) is 1. The van der Waals surface area contributed by atoms with E-state index in [0.29, 0.717) is 40.7 Å². The van der Waals surface area contributed by atoms with Crippen molar-refractivity contribution in [3.05, 3.63) is 83.4 Å². The molecule has 2 aliphatic rings. The van der Waals surface area contributed by atoms with Gasteiger partial charge in [0.1, 0.15) is 11.9 Å². The molecule has 0 saturated heterocycles. The van der Waals surface area contributed by atoms with Gasteiger partial charge >= 0.3 is 0 Å². The molecule has 3 aromatic rings. The number of para-hydroxylation sites is 1. The van der Waals surface area contributed by atoms with Crippen LogP contribution in [0.25, 0.3) is 0 Å². The molecule has 0 fully saturated rings. The molecule has 3 aromatic carbocycles. The molecule has 2 N–H and O–H groups in total. The zero-order chi connectivity index (χ0) is 23.5. The zero-order valence-corrected chi connectivity index (χ0v) is 18.7. The molecule has 2 heterocycles. The molecule has 8 nitrogen and oxygen atoms in total. The summed E-state index contributed by atoms with van der Waals surface area (Å²) in [7, 11) is 0. The fourth-order valence-electron chi connectivity index (χ4n) is 3.90. The predicted molar refractivity (Wildman–Crippen MR) is 126 cm³/mol. The fourth-order valence-corrected chi connectivity index (χ4v) is 3.90. The van der Waals surface area contributed by atoms with Gasteiger partial charge in [-0.2, -0.15) is 0 Å². The quantitative estimate of drug-likeness (QED) is 0.506. The Bertz CT molecular complexity index is 1210. The molecule has 2 aliphatic heterocycles. The van der Waals surface area contributed by atoms with Crippen LogP contribution in [0.2, 0.25) is 0 Å². The third-order valence-corrected chi connectivity index (χ3v) is 5.74. The van der Waals surface area contributed by atoms with Gasteiger partial charge < -0.3 is 19.5 Å². The number of fused-ring (bicyclic) bond motifs is 2. The molecule has 1 atom stereocenters. The smallest absolute Gasteiger partial charge is 0.276 e. The van der Waals surface area contributed by atoms with Gasteiger partial charge in [-0.3, -0.25) is 15.0 Å². The van der Waals surface area contributed by atoms with E-state index in [9.17, 15) is 9.59 Å². The molecular weight excluding hydrogens is 434 g/mol. The lowest BCUT2D eigenvalue weighted by atomic mass is 10.0. The highest BCUT2D eigenvalue weighted by molar-refractivity contribution is 6.04. The van der Waals surface area contributed by atoms with Gasteiger partial charge in [0.25, 0.3) is 11.8 Å². The minimum Gasteiger partial charge on any atom is -0.494 e. The molecular formula is C26H25N3O5. The van der Waals surface area contributed by atoms with E-state index in [1.54, 1.807) is 42.5 Å². The summed E-state index contributed by atoms with van der Waals surface area (Å²) in [5, 5.41) is 4.67. The topological polar surface area (TPSA) is 89.1 Å². The Labute approximate surface area is 197 Å². The number of carbonyl (C=O) groups is 2. The number of hydrazine groups is 1. The molecule has 8 heteroatoms. The summed E-state index contributed by atoms with van der Waals surface area (Å²) in [4.78, 5) is 26.5. The van der Waals surface area contributed by atoms with Gasteiger partial charge in [0.05, 0.1) is 12.2 Å². The first-order valence-electron chi connectivity index (χ1n) is 11.3. The minimum absolute atomic E-state index is 0.150. The number of anilines is 1. The summed E-state index contributed by atoms with van der Waals surface area (Å²) in [6.07, 6.45) is 1.37. The molecule has 0 saturated carbocycles. The van der Waals surface area contributed by atoms with Crippen LogP contribution >= 0.6 is 0 Å². The van der Waals surface area contributed by atoms with Crippen molar-refractivity contribution in [3.63, 3.8) is 0 Å². The molecule has 0 unspecified atom stereocenters. The highest BCUT2D eigenvalue weighted by atomic mass is 16.7. The lowest BCUT2D eigenvalue weighted by molar-refractivity contribution is 0.0490. The molecule has 0 aliphatic carbocycles. The van der Waals surface area contributed by atoms with Gasteiger partial charge in [0.2, 0.25) is 6.79 Å². The van der Waals surface area contributed by atoms with E-state index < -0.39 is 12.1 Å². The van der Waals surface area contributed by atoms with Crippen LogP contribution in [0.4, 0.5) is 5.69 Å². The van der Waals surface area contributed by atoms with Crippen LogP contribution < -0.4 is 25.0 Å². The van der Waals surface area contributed by atoms with Gasteiger partial charge in [-0.1, -0.05) is 31.5 Å². The van der Waals surface area contributed by atoms with Crippen LogP contribution in [0.15, 0.2) is 66.7 Å². The minimum atomic E-state index is -0.641. The second-order valence-electron chi connectivity index (χ2n) is 8.05. The average Bonchev–Trinajstić information content (AvgIpc) is 3.34. The molecule has 0 bridgehead atoms. The molecule has 5 rings (SSSR count). The first kappa shape index (κ1) is 21.6. The van der Waals surface area contributed by atoms with Gasteiger partial charge in [0, 0.05) is 16.8 Å². The standard InChI is InChI=1S/C26H25N3O5/c1-2-3-14-32-19-11-8-17(9-12-19)25(30)28-29-24(18-10-13-22-23(15-18)34-16-33-22)27-21-7-5-4-6-20(21)26(29)31/h4-13,15,24,27H,2-3,14,16H2,1H3,(H,28,30)/t24-/m0/s1. The van der Waals surface area contributed by atoms with E-state index in [-0.39, 0.29) is 12.7 Å². The number of hydrogen-bond acceptors (Lipinski definition) is 6. The summed E-state index contributed by atoms with van der Waals surface area (Å²) >= 11 is 0. The highest BCUT2D eigenvalue weighted by Crippen LogP contribution is 2.38. The van der Waals surface area contributed by atoms with Gasteiger partial charge in [0.15, 0.2) is 11.5 Å². The van der Waals surface area contributed by atoms with Crippen molar-refractivity contribution in [2.24, 2.45) is 0 Å². The van der Waals surface area contributed by atoms with Crippen molar-refractivity contribution in [2.75, 3.05) is 18.7 Å². The second kappa shape index (κ2) is 9.35. The molecule has 0 radical (unpaired) electrons. The maximum Gasteiger partial charge on any atom is 0.276 e. The number of nitrogens with zero attached hydrogens (tertiary/aromatic N) is 1. The molecule has 34 heavy (non-hydrogen) atoms. The third kappa shape index (κ3) is 4.22. The lowest BCUT2D eigenvalue weighted by Gasteiger charge is -2.37. The Hall–Kier alpha value is -4.20. The SMILES string of the molecule is CCCCOc1ccc(C(=O)NN2C(=O)c3ccccc3N[C@@H]2c2ccc3c(c2)OCO3)cc1. The summed E-state index contributed by atoms with van der Waals surface area (Å²) in [6.45, 7) is 2.88. The Morgan fingerprint density at radius 3 is 2.71 bits per heavy atom. The zero-order valence-electron chi connectivity index (χ0n) is 18.7. The predicted octanol–water partition coefficient (Wildman–Crippen LogP) is 4.51.